The van der Waals surface area contributed by atoms with Gasteiger partial charge in [-0.3, -0.25) is 4.79 Å². The van der Waals surface area contributed by atoms with E-state index in [1.165, 1.54) is 5.56 Å². The van der Waals surface area contributed by atoms with E-state index < -0.39 is 5.38 Å². The van der Waals surface area contributed by atoms with Crippen molar-refractivity contribution in [1.82, 2.24) is 15.0 Å². The molecule has 0 N–H and O–H groups in total. The molecule has 1 saturated heterocycles. The first-order valence-electron chi connectivity index (χ1n) is 7.88. The molecule has 1 amide bonds. The minimum atomic E-state index is -0.469. The van der Waals surface area contributed by atoms with E-state index in [0.29, 0.717) is 24.8 Å². The quantitative estimate of drug-likeness (QED) is 0.808. The highest BCUT2D eigenvalue weighted by molar-refractivity contribution is 6.30. The maximum Gasteiger partial charge on any atom is 0.240 e. The second-order valence-corrected chi connectivity index (χ2v) is 6.69. The van der Waals surface area contributed by atoms with E-state index in [4.69, 9.17) is 16.1 Å². The molecular weight excluding hydrogens is 314 g/mol. The molecule has 6 heteroatoms. The van der Waals surface area contributed by atoms with Gasteiger partial charge in [-0.25, -0.2) is 0 Å². The number of benzene rings is 1. The molecule has 2 aromatic rings. The smallest absolute Gasteiger partial charge is 0.240 e. The first-order chi connectivity index (χ1) is 11.0. The van der Waals surface area contributed by atoms with Crippen LogP contribution in [0.25, 0.3) is 11.4 Å². The molecule has 1 atom stereocenters. The van der Waals surface area contributed by atoms with Crippen molar-refractivity contribution < 1.29 is 9.32 Å². The Balaban J connectivity index is 1.66. The van der Waals surface area contributed by atoms with E-state index >= 15 is 0 Å². The van der Waals surface area contributed by atoms with Crippen LogP contribution in [0.1, 0.15) is 37.1 Å². The maximum atomic E-state index is 11.9. The maximum absolute atomic E-state index is 11.9. The highest BCUT2D eigenvalue weighted by Gasteiger charge is 2.28. The number of piperidine rings is 1. The van der Waals surface area contributed by atoms with Gasteiger partial charge in [-0.05, 0) is 26.7 Å². The standard InChI is InChI=1S/C17H20ClN3O2/c1-11-3-5-13(6-4-11)15-19-16(23-20-15)14-7-9-21(10-8-14)17(22)12(2)18/h3-6,12,14H,7-10H2,1-2H3. The molecule has 0 aliphatic carbocycles. The van der Waals surface area contributed by atoms with Crippen LogP contribution in [0.5, 0.6) is 0 Å². The molecule has 23 heavy (non-hydrogen) atoms. The number of carbonyl (C=O) groups excluding carboxylic acids is 1. The largest absolute Gasteiger partial charge is 0.341 e. The van der Waals surface area contributed by atoms with Crippen LogP contribution in [0, 0.1) is 6.92 Å². The zero-order valence-corrected chi connectivity index (χ0v) is 14.1. The van der Waals surface area contributed by atoms with Gasteiger partial charge in [0.15, 0.2) is 0 Å². The third kappa shape index (κ3) is 3.55. The molecular formula is C17H20ClN3O2. The Kier molecular flexibility index (Phi) is 4.66. The lowest BCUT2D eigenvalue weighted by molar-refractivity contribution is -0.131. The molecule has 3 rings (SSSR count). The minimum absolute atomic E-state index is 0.00371. The monoisotopic (exact) mass is 333 g/mol. The Bertz CT molecular complexity index is 673. The van der Waals surface area contributed by atoms with Gasteiger partial charge >= 0.3 is 0 Å². The Labute approximate surface area is 140 Å². The highest BCUT2D eigenvalue weighted by Crippen LogP contribution is 2.29. The number of aromatic nitrogens is 2. The molecule has 1 aliphatic heterocycles. The number of likely N-dealkylation sites (tertiary alicyclic amines) is 1. The summed E-state index contributed by atoms with van der Waals surface area (Å²) in [4.78, 5) is 18.2. The Hall–Kier alpha value is -1.88. The average molecular weight is 334 g/mol. The number of aryl methyl sites for hydroxylation is 1. The molecule has 2 heterocycles. The van der Waals surface area contributed by atoms with Gasteiger partial charge < -0.3 is 9.42 Å². The lowest BCUT2D eigenvalue weighted by Gasteiger charge is -2.31. The summed E-state index contributed by atoms with van der Waals surface area (Å²) in [5, 5.41) is 3.62. The normalized spacial score (nSPS) is 17.3. The molecule has 1 aromatic carbocycles. The van der Waals surface area contributed by atoms with Gasteiger partial charge in [-0.1, -0.05) is 35.0 Å². The van der Waals surface area contributed by atoms with Gasteiger partial charge in [-0.2, -0.15) is 4.98 Å². The summed E-state index contributed by atoms with van der Waals surface area (Å²) < 4.78 is 5.44. The molecule has 0 radical (unpaired) electrons. The van der Waals surface area contributed by atoms with Crippen LogP contribution in [-0.4, -0.2) is 39.4 Å². The number of amides is 1. The fourth-order valence-electron chi connectivity index (χ4n) is 2.82. The SMILES string of the molecule is Cc1ccc(-c2noc(C3CCN(C(=O)C(C)Cl)CC3)n2)cc1. The van der Waals surface area contributed by atoms with Crippen molar-refractivity contribution in [3.8, 4) is 11.4 Å². The van der Waals surface area contributed by atoms with Crippen molar-refractivity contribution in [2.24, 2.45) is 0 Å². The van der Waals surface area contributed by atoms with E-state index in [1.807, 2.05) is 36.1 Å². The van der Waals surface area contributed by atoms with Gasteiger partial charge in [0, 0.05) is 24.6 Å². The zero-order chi connectivity index (χ0) is 16.4. The third-order valence-corrected chi connectivity index (χ3v) is 4.43. The second kappa shape index (κ2) is 6.71. The summed E-state index contributed by atoms with van der Waals surface area (Å²) in [7, 11) is 0. The van der Waals surface area contributed by atoms with Crippen LogP contribution >= 0.6 is 11.6 Å². The van der Waals surface area contributed by atoms with Crippen molar-refractivity contribution in [3.05, 3.63) is 35.7 Å². The lowest BCUT2D eigenvalue weighted by Crippen LogP contribution is -2.41. The van der Waals surface area contributed by atoms with Crippen molar-refractivity contribution in [2.75, 3.05) is 13.1 Å². The highest BCUT2D eigenvalue weighted by atomic mass is 35.5. The Morgan fingerprint density at radius 2 is 1.96 bits per heavy atom. The number of rotatable bonds is 3. The van der Waals surface area contributed by atoms with Gasteiger partial charge in [-0.15, -0.1) is 11.6 Å². The molecule has 1 fully saturated rings. The van der Waals surface area contributed by atoms with Gasteiger partial charge in [0.05, 0.1) is 0 Å². The Morgan fingerprint density at radius 1 is 1.30 bits per heavy atom. The summed E-state index contributed by atoms with van der Waals surface area (Å²) in [5.41, 5.74) is 2.15. The first-order valence-corrected chi connectivity index (χ1v) is 8.31. The summed E-state index contributed by atoms with van der Waals surface area (Å²) in [6.45, 7) is 5.12. The van der Waals surface area contributed by atoms with Crippen molar-refractivity contribution in [3.63, 3.8) is 0 Å². The minimum Gasteiger partial charge on any atom is -0.341 e. The fourth-order valence-corrected chi connectivity index (χ4v) is 2.96. The molecule has 122 valence electrons. The number of carbonyl (C=O) groups is 1. The van der Waals surface area contributed by atoms with E-state index in [-0.39, 0.29) is 11.8 Å². The zero-order valence-electron chi connectivity index (χ0n) is 13.3. The average Bonchev–Trinajstić information content (AvgIpc) is 3.05. The van der Waals surface area contributed by atoms with Crippen LogP contribution in [0.3, 0.4) is 0 Å². The van der Waals surface area contributed by atoms with Crippen LogP contribution < -0.4 is 0 Å². The summed E-state index contributed by atoms with van der Waals surface area (Å²) in [6.07, 6.45) is 1.65. The molecule has 5 nitrogen and oxygen atoms in total. The van der Waals surface area contributed by atoms with Gasteiger partial charge in [0.2, 0.25) is 17.6 Å². The lowest BCUT2D eigenvalue weighted by atomic mass is 9.96. The van der Waals surface area contributed by atoms with E-state index in [2.05, 4.69) is 10.1 Å². The molecule has 1 unspecified atom stereocenters. The second-order valence-electron chi connectivity index (χ2n) is 6.04. The summed E-state index contributed by atoms with van der Waals surface area (Å²) in [5.74, 6) is 1.48. The van der Waals surface area contributed by atoms with Crippen LogP contribution in [0.2, 0.25) is 0 Å². The number of halogens is 1. The number of hydrogen-bond acceptors (Lipinski definition) is 4. The molecule has 0 bridgehead atoms. The van der Waals surface area contributed by atoms with Crippen LogP contribution in [0.15, 0.2) is 28.8 Å². The summed E-state index contributed by atoms with van der Waals surface area (Å²) >= 11 is 5.87. The molecule has 1 aliphatic rings. The Morgan fingerprint density at radius 3 is 2.57 bits per heavy atom. The van der Waals surface area contributed by atoms with Gasteiger partial charge in [0.1, 0.15) is 5.38 Å². The van der Waals surface area contributed by atoms with Crippen molar-refractivity contribution >= 4 is 17.5 Å². The fraction of sp³-hybridized carbons (Fsp3) is 0.471. The number of hydrogen-bond donors (Lipinski definition) is 0. The number of nitrogens with zero attached hydrogens (tertiary/aromatic N) is 3. The van der Waals surface area contributed by atoms with Crippen molar-refractivity contribution in [1.29, 1.82) is 0 Å². The first kappa shape index (κ1) is 16.0. The molecule has 1 aromatic heterocycles. The topological polar surface area (TPSA) is 59.2 Å². The molecule has 0 saturated carbocycles. The van der Waals surface area contributed by atoms with Crippen LogP contribution in [0.4, 0.5) is 0 Å². The third-order valence-electron chi connectivity index (χ3n) is 4.25. The number of alkyl halides is 1. The van der Waals surface area contributed by atoms with Crippen molar-refractivity contribution in [2.45, 2.75) is 38.0 Å². The molecule has 0 spiro atoms. The van der Waals surface area contributed by atoms with Crippen LogP contribution in [-0.2, 0) is 4.79 Å². The van der Waals surface area contributed by atoms with E-state index in [0.717, 1.165) is 18.4 Å². The summed E-state index contributed by atoms with van der Waals surface area (Å²) in [6, 6.07) is 8.05. The van der Waals surface area contributed by atoms with E-state index in [1.54, 1.807) is 6.92 Å². The predicted molar refractivity (Wildman–Crippen MR) is 88.3 cm³/mol. The predicted octanol–water partition coefficient (Wildman–Crippen LogP) is 3.38. The van der Waals surface area contributed by atoms with E-state index in [9.17, 15) is 4.79 Å². The van der Waals surface area contributed by atoms with Gasteiger partial charge in [0.25, 0.3) is 0 Å².